The Balaban J connectivity index is 0.00000243. The maximum atomic E-state index is 9.27. The smallest absolute Gasteiger partial charge is 0.190 e. The number of aliphatic hydroxyl groups is 1. The van der Waals surface area contributed by atoms with Crippen LogP contribution in [0.25, 0.3) is 11.3 Å². The summed E-state index contributed by atoms with van der Waals surface area (Å²) in [5.41, 5.74) is 5.86. The van der Waals surface area contributed by atoms with E-state index < -0.39 is 0 Å². The largest absolute Gasteiger partial charge is 0.396 e. The third-order valence-electron chi connectivity index (χ3n) is 4.22. The lowest BCUT2D eigenvalue weighted by atomic mass is 10.1. The van der Waals surface area contributed by atoms with Crippen LogP contribution in [0.2, 0.25) is 0 Å². The monoisotopic (exact) mass is 432 g/mol. The summed E-state index contributed by atoms with van der Waals surface area (Å²) in [5, 5.41) is 11.4. The molecule has 1 heterocycles. The van der Waals surface area contributed by atoms with Crippen molar-refractivity contribution in [1.29, 1.82) is 0 Å². The molecule has 1 aromatic heterocycles. The lowest BCUT2D eigenvalue weighted by Crippen LogP contribution is -2.16. The van der Waals surface area contributed by atoms with Crippen LogP contribution < -0.4 is 4.80 Å². The van der Waals surface area contributed by atoms with E-state index in [1.807, 2.05) is 12.1 Å². The topological polar surface area (TPSA) is 37.5 Å². The van der Waals surface area contributed by atoms with Crippen molar-refractivity contribution in [1.82, 2.24) is 4.57 Å². The van der Waals surface area contributed by atoms with E-state index in [9.17, 15) is 5.11 Å². The second-order valence-corrected chi connectivity index (χ2v) is 6.97. The maximum Gasteiger partial charge on any atom is 0.190 e. The van der Waals surface area contributed by atoms with Crippen LogP contribution in [0.15, 0.2) is 58.9 Å². The Hall–Kier alpha value is -1.69. The highest BCUT2D eigenvalue weighted by Crippen LogP contribution is 2.22. The van der Waals surface area contributed by atoms with Crippen LogP contribution in [0, 0.1) is 6.92 Å². The van der Waals surface area contributed by atoms with Gasteiger partial charge in [-0.15, -0.1) is 28.3 Å². The summed E-state index contributed by atoms with van der Waals surface area (Å²) in [6.07, 6.45) is 1.76. The van der Waals surface area contributed by atoms with E-state index in [2.05, 4.69) is 60.2 Å². The van der Waals surface area contributed by atoms with Gasteiger partial charge in [0.1, 0.15) is 0 Å². The van der Waals surface area contributed by atoms with Crippen molar-refractivity contribution in [2.24, 2.45) is 4.99 Å². The fourth-order valence-electron chi connectivity index (χ4n) is 2.81. The van der Waals surface area contributed by atoms with Crippen molar-refractivity contribution in [3.63, 3.8) is 0 Å². The molecule has 3 nitrogen and oxygen atoms in total. The summed E-state index contributed by atoms with van der Waals surface area (Å²) in [5.74, 6) is 0. The summed E-state index contributed by atoms with van der Waals surface area (Å²) in [6, 6.07) is 16.9. The number of rotatable bonds is 6. The number of benzene rings is 2. The standard InChI is InChI=1S/C21H24N2OS.BrH/c1-3-17-8-10-18(11-9-17)20-15-25-21(23(20)12-5-13-24)22-19-7-4-6-16(2)14-19;/h4,6-11,14-15,24H,3,5,12-13H2,1-2H3;1H. The van der Waals surface area contributed by atoms with Crippen LogP contribution in [0.5, 0.6) is 0 Å². The first kappa shape index (κ1) is 20.6. The number of nitrogens with zero attached hydrogens (tertiary/aromatic N) is 2. The van der Waals surface area contributed by atoms with Gasteiger partial charge in [-0.05, 0) is 48.6 Å². The van der Waals surface area contributed by atoms with Crippen LogP contribution in [-0.4, -0.2) is 16.3 Å². The van der Waals surface area contributed by atoms with Gasteiger partial charge in [-0.1, -0.05) is 43.3 Å². The van der Waals surface area contributed by atoms with Crippen LogP contribution in [0.1, 0.15) is 24.5 Å². The number of halogens is 1. The maximum absolute atomic E-state index is 9.27. The molecular weight excluding hydrogens is 408 g/mol. The molecule has 0 fully saturated rings. The Labute approximate surface area is 169 Å². The van der Waals surface area contributed by atoms with Crippen molar-refractivity contribution < 1.29 is 5.11 Å². The van der Waals surface area contributed by atoms with Crippen molar-refractivity contribution in [3.8, 4) is 11.3 Å². The average Bonchev–Trinajstić information content (AvgIpc) is 3.02. The zero-order chi connectivity index (χ0) is 17.6. The first-order valence-electron chi connectivity index (χ1n) is 8.71. The number of hydrogen-bond acceptors (Lipinski definition) is 3. The normalized spacial score (nSPS) is 11.4. The summed E-state index contributed by atoms with van der Waals surface area (Å²) in [7, 11) is 0. The van der Waals surface area contributed by atoms with Gasteiger partial charge in [-0.25, -0.2) is 4.99 Å². The molecule has 0 radical (unpaired) electrons. The quantitative estimate of drug-likeness (QED) is 0.564. The van der Waals surface area contributed by atoms with Crippen LogP contribution in [0.4, 0.5) is 5.69 Å². The number of hydrogen-bond donors (Lipinski definition) is 1. The van der Waals surface area contributed by atoms with E-state index in [1.54, 1.807) is 11.3 Å². The number of thiazole rings is 1. The second-order valence-electron chi connectivity index (χ2n) is 6.13. The van der Waals surface area contributed by atoms with Crippen LogP contribution in [-0.2, 0) is 13.0 Å². The van der Waals surface area contributed by atoms with Gasteiger partial charge in [0, 0.05) is 18.5 Å². The molecule has 0 amide bonds. The zero-order valence-corrected chi connectivity index (χ0v) is 17.7. The van der Waals surface area contributed by atoms with Crippen molar-refractivity contribution in [2.45, 2.75) is 33.2 Å². The van der Waals surface area contributed by atoms with Gasteiger partial charge in [-0.3, -0.25) is 0 Å². The second kappa shape index (κ2) is 9.86. The van der Waals surface area contributed by atoms with E-state index in [0.29, 0.717) is 0 Å². The molecule has 0 aliphatic rings. The first-order valence-corrected chi connectivity index (χ1v) is 9.59. The lowest BCUT2D eigenvalue weighted by molar-refractivity contribution is 0.279. The van der Waals surface area contributed by atoms with Gasteiger partial charge in [0.2, 0.25) is 0 Å². The summed E-state index contributed by atoms with van der Waals surface area (Å²) in [4.78, 5) is 5.80. The van der Waals surface area contributed by atoms with Gasteiger partial charge in [-0.2, -0.15) is 0 Å². The van der Waals surface area contributed by atoms with E-state index in [-0.39, 0.29) is 23.6 Å². The van der Waals surface area contributed by atoms with Gasteiger partial charge < -0.3 is 9.67 Å². The average molecular weight is 433 g/mol. The predicted molar refractivity (Wildman–Crippen MR) is 116 cm³/mol. The molecule has 2 aromatic carbocycles. The van der Waals surface area contributed by atoms with Gasteiger partial charge in [0.05, 0.1) is 11.4 Å². The number of aromatic nitrogens is 1. The molecular formula is C21H25BrN2OS. The van der Waals surface area contributed by atoms with E-state index in [0.717, 1.165) is 35.6 Å². The fourth-order valence-corrected chi connectivity index (χ4v) is 3.77. The van der Waals surface area contributed by atoms with E-state index in [1.165, 1.54) is 16.7 Å². The zero-order valence-electron chi connectivity index (χ0n) is 15.2. The predicted octanol–water partition coefficient (Wildman–Crippen LogP) is 5.28. The van der Waals surface area contributed by atoms with Crippen LogP contribution in [0.3, 0.4) is 0 Å². The molecule has 0 spiro atoms. The highest BCUT2D eigenvalue weighted by atomic mass is 79.9. The Morgan fingerprint density at radius 3 is 2.54 bits per heavy atom. The molecule has 0 atom stereocenters. The molecule has 0 aliphatic carbocycles. The fraction of sp³-hybridized carbons (Fsp3) is 0.286. The Bertz CT molecular complexity index is 897. The Morgan fingerprint density at radius 1 is 1.12 bits per heavy atom. The molecule has 5 heteroatoms. The Kier molecular flexibility index (Phi) is 7.82. The van der Waals surface area contributed by atoms with Crippen molar-refractivity contribution >= 4 is 34.0 Å². The molecule has 1 N–H and O–H groups in total. The minimum atomic E-state index is 0. The minimum Gasteiger partial charge on any atom is -0.396 e. The van der Waals surface area contributed by atoms with Gasteiger partial charge >= 0.3 is 0 Å². The molecule has 26 heavy (non-hydrogen) atoms. The molecule has 0 aliphatic heterocycles. The third-order valence-corrected chi connectivity index (χ3v) is 5.09. The molecule has 0 saturated heterocycles. The van der Waals surface area contributed by atoms with Crippen molar-refractivity contribution in [3.05, 3.63) is 69.8 Å². The molecule has 0 unspecified atom stereocenters. The molecule has 3 aromatic rings. The highest BCUT2D eigenvalue weighted by Gasteiger charge is 2.08. The Morgan fingerprint density at radius 2 is 1.88 bits per heavy atom. The molecule has 3 rings (SSSR count). The molecule has 138 valence electrons. The molecule has 0 bridgehead atoms. The van der Waals surface area contributed by atoms with Crippen molar-refractivity contribution in [2.75, 3.05) is 6.61 Å². The summed E-state index contributed by atoms with van der Waals surface area (Å²) < 4.78 is 2.21. The van der Waals surface area contributed by atoms with Gasteiger partial charge in [0.25, 0.3) is 0 Å². The SMILES string of the molecule is Br.CCc1ccc(-c2csc(=Nc3cccc(C)c3)n2CCCO)cc1. The van der Waals surface area contributed by atoms with Gasteiger partial charge in [0.15, 0.2) is 4.80 Å². The highest BCUT2D eigenvalue weighted by molar-refractivity contribution is 8.93. The van der Waals surface area contributed by atoms with Crippen LogP contribution >= 0.6 is 28.3 Å². The first-order chi connectivity index (χ1) is 12.2. The van der Waals surface area contributed by atoms with E-state index >= 15 is 0 Å². The number of aliphatic hydroxyl groups excluding tert-OH is 1. The number of aryl methyl sites for hydroxylation is 2. The summed E-state index contributed by atoms with van der Waals surface area (Å²) in [6.45, 7) is 5.18. The third kappa shape index (κ3) is 4.93. The minimum absolute atomic E-state index is 0. The summed E-state index contributed by atoms with van der Waals surface area (Å²) >= 11 is 1.65. The lowest BCUT2D eigenvalue weighted by Gasteiger charge is -2.09. The molecule has 0 saturated carbocycles. The van der Waals surface area contributed by atoms with E-state index in [4.69, 9.17) is 4.99 Å².